The number of rotatable bonds is 7. The van der Waals surface area contributed by atoms with Crippen molar-refractivity contribution in [3.05, 3.63) is 29.8 Å². The molecular formula is C17H30N2O. The lowest BCUT2D eigenvalue weighted by Gasteiger charge is -2.32. The molecule has 3 heteroatoms. The van der Waals surface area contributed by atoms with E-state index in [1.807, 2.05) is 0 Å². The van der Waals surface area contributed by atoms with Crippen molar-refractivity contribution in [1.82, 2.24) is 5.32 Å². The summed E-state index contributed by atoms with van der Waals surface area (Å²) in [6.45, 7) is 13.6. The predicted molar refractivity (Wildman–Crippen MR) is 87.4 cm³/mol. The smallest absolute Gasteiger partial charge is 0.0663 e. The summed E-state index contributed by atoms with van der Waals surface area (Å²) in [6.07, 6.45) is 0. The lowest BCUT2D eigenvalue weighted by Crippen LogP contribution is -2.38. The van der Waals surface area contributed by atoms with E-state index in [-0.39, 0.29) is 5.54 Å². The first-order chi connectivity index (χ1) is 9.39. The zero-order valence-electron chi connectivity index (χ0n) is 13.9. The number of likely N-dealkylation sites (N-methyl/N-ethyl adjacent to an activating group) is 1. The molecule has 1 atom stereocenters. The largest absolute Gasteiger partial charge is 0.383 e. The van der Waals surface area contributed by atoms with Crippen LogP contribution >= 0.6 is 0 Å². The molecule has 0 aliphatic rings. The van der Waals surface area contributed by atoms with Crippen molar-refractivity contribution in [2.75, 3.05) is 25.2 Å². The maximum Gasteiger partial charge on any atom is 0.0663 e. The number of ether oxygens (including phenoxy) is 1. The van der Waals surface area contributed by atoms with E-state index in [0.29, 0.717) is 6.04 Å². The highest BCUT2D eigenvalue weighted by Gasteiger charge is 2.17. The fraction of sp³-hybridized carbons (Fsp3) is 0.647. The van der Waals surface area contributed by atoms with E-state index in [0.717, 1.165) is 19.7 Å². The molecule has 0 amide bonds. The van der Waals surface area contributed by atoms with E-state index in [1.165, 1.54) is 11.3 Å². The van der Waals surface area contributed by atoms with Crippen molar-refractivity contribution in [3.8, 4) is 0 Å². The Labute approximate surface area is 124 Å². The molecule has 1 unspecified atom stereocenters. The summed E-state index contributed by atoms with van der Waals surface area (Å²) in [5.41, 5.74) is 2.77. The molecule has 0 heterocycles. The molecule has 0 radical (unpaired) electrons. The molecule has 1 rings (SSSR count). The molecule has 1 N–H and O–H groups in total. The SMILES string of the molecule is CCN(c1ccccc1CNC(C)(C)C)C(C)COC. The molecule has 0 saturated carbocycles. The maximum absolute atomic E-state index is 5.30. The molecule has 20 heavy (non-hydrogen) atoms. The first kappa shape index (κ1) is 17.0. The Kier molecular flexibility index (Phi) is 6.50. The van der Waals surface area contributed by atoms with E-state index in [4.69, 9.17) is 4.74 Å². The number of nitrogens with zero attached hydrogens (tertiary/aromatic N) is 1. The number of hydrogen-bond donors (Lipinski definition) is 1. The summed E-state index contributed by atoms with van der Waals surface area (Å²) in [6, 6.07) is 9.00. The third kappa shape index (κ3) is 5.14. The van der Waals surface area contributed by atoms with Gasteiger partial charge in [-0.15, -0.1) is 0 Å². The van der Waals surface area contributed by atoms with Gasteiger partial charge in [0, 0.05) is 37.5 Å². The van der Waals surface area contributed by atoms with E-state index < -0.39 is 0 Å². The van der Waals surface area contributed by atoms with Gasteiger partial charge in [-0.2, -0.15) is 0 Å². The molecule has 0 aliphatic carbocycles. The normalized spacial score (nSPS) is 13.3. The Morgan fingerprint density at radius 2 is 1.90 bits per heavy atom. The summed E-state index contributed by atoms with van der Waals surface area (Å²) in [7, 11) is 1.76. The third-order valence-corrected chi connectivity index (χ3v) is 3.39. The molecule has 0 fully saturated rings. The van der Waals surface area contributed by atoms with Crippen LogP contribution in [0, 0.1) is 0 Å². The van der Waals surface area contributed by atoms with Gasteiger partial charge in [-0.25, -0.2) is 0 Å². The molecule has 114 valence electrons. The second-order valence-electron chi connectivity index (χ2n) is 6.32. The van der Waals surface area contributed by atoms with Crippen molar-refractivity contribution in [2.24, 2.45) is 0 Å². The lowest BCUT2D eigenvalue weighted by molar-refractivity contribution is 0.182. The van der Waals surface area contributed by atoms with Gasteiger partial charge in [0.1, 0.15) is 0 Å². The van der Waals surface area contributed by atoms with Gasteiger partial charge >= 0.3 is 0 Å². The molecule has 0 saturated heterocycles. The van der Waals surface area contributed by atoms with Crippen molar-refractivity contribution < 1.29 is 4.74 Å². The number of methoxy groups -OCH3 is 1. The van der Waals surface area contributed by atoms with Gasteiger partial charge in [-0.3, -0.25) is 0 Å². The minimum atomic E-state index is 0.127. The molecule has 0 spiro atoms. The Bertz CT molecular complexity index is 398. The Morgan fingerprint density at radius 1 is 1.25 bits per heavy atom. The molecule has 3 nitrogen and oxygen atoms in total. The monoisotopic (exact) mass is 278 g/mol. The second-order valence-corrected chi connectivity index (χ2v) is 6.32. The van der Waals surface area contributed by atoms with Crippen molar-refractivity contribution in [2.45, 2.75) is 52.7 Å². The number of hydrogen-bond acceptors (Lipinski definition) is 3. The number of para-hydroxylation sites is 1. The topological polar surface area (TPSA) is 24.5 Å². The first-order valence-corrected chi connectivity index (χ1v) is 7.47. The molecule has 0 bridgehead atoms. The summed E-state index contributed by atoms with van der Waals surface area (Å²) in [5, 5.41) is 3.57. The number of benzene rings is 1. The van der Waals surface area contributed by atoms with Crippen LogP contribution in [0.5, 0.6) is 0 Å². The Morgan fingerprint density at radius 3 is 2.45 bits per heavy atom. The van der Waals surface area contributed by atoms with Crippen LogP contribution < -0.4 is 10.2 Å². The van der Waals surface area contributed by atoms with Crippen molar-refractivity contribution >= 4 is 5.69 Å². The van der Waals surface area contributed by atoms with Gasteiger partial charge in [-0.05, 0) is 46.2 Å². The van der Waals surface area contributed by atoms with Gasteiger partial charge < -0.3 is 15.0 Å². The van der Waals surface area contributed by atoms with Gasteiger partial charge in [-0.1, -0.05) is 18.2 Å². The average molecular weight is 278 g/mol. The summed E-state index contributed by atoms with van der Waals surface area (Å²) < 4.78 is 5.30. The van der Waals surface area contributed by atoms with Crippen LogP contribution in [0.3, 0.4) is 0 Å². The standard InChI is InChI=1S/C17H30N2O/c1-7-19(14(2)13-20-6)16-11-9-8-10-15(16)12-18-17(3,4)5/h8-11,14,18H,7,12-13H2,1-6H3. The number of anilines is 1. The molecule has 1 aromatic rings. The summed E-state index contributed by atoms with van der Waals surface area (Å²) in [4.78, 5) is 2.41. The van der Waals surface area contributed by atoms with Crippen LogP contribution in [-0.4, -0.2) is 31.8 Å². The highest BCUT2D eigenvalue weighted by Crippen LogP contribution is 2.23. The van der Waals surface area contributed by atoms with Crippen LogP contribution in [-0.2, 0) is 11.3 Å². The van der Waals surface area contributed by atoms with Gasteiger partial charge in [0.15, 0.2) is 0 Å². The summed E-state index contributed by atoms with van der Waals surface area (Å²) in [5.74, 6) is 0. The van der Waals surface area contributed by atoms with E-state index in [9.17, 15) is 0 Å². The van der Waals surface area contributed by atoms with E-state index in [2.05, 4.69) is 69.1 Å². The lowest BCUT2D eigenvalue weighted by atomic mass is 10.1. The Hall–Kier alpha value is -1.06. The van der Waals surface area contributed by atoms with Crippen LogP contribution in [0.4, 0.5) is 5.69 Å². The van der Waals surface area contributed by atoms with Crippen LogP contribution in [0.25, 0.3) is 0 Å². The van der Waals surface area contributed by atoms with Gasteiger partial charge in [0.05, 0.1) is 6.61 Å². The quantitative estimate of drug-likeness (QED) is 0.827. The maximum atomic E-state index is 5.30. The molecule has 0 aromatic heterocycles. The highest BCUT2D eigenvalue weighted by molar-refractivity contribution is 5.54. The van der Waals surface area contributed by atoms with Crippen LogP contribution in [0.1, 0.15) is 40.2 Å². The first-order valence-electron chi connectivity index (χ1n) is 7.47. The fourth-order valence-electron chi connectivity index (χ4n) is 2.35. The number of nitrogens with one attached hydrogen (secondary N) is 1. The van der Waals surface area contributed by atoms with Crippen LogP contribution in [0.15, 0.2) is 24.3 Å². The highest BCUT2D eigenvalue weighted by atomic mass is 16.5. The second kappa shape index (κ2) is 7.65. The molecule has 1 aromatic carbocycles. The fourth-order valence-corrected chi connectivity index (χ4v) is 2.35. The summed E-state index contributed by atoms with van der Waals surface area (Å²) >= 11 is 0. The zero-order chi connectivity index (χ0) is 15.2. The Balaban J connectivity index is 2.92. The minimum absolute atomic E-state index is 0.127. The predicted octanol–water partition coefficient (Wildman–Crippen LogP) is 3.44. The molecular weight excluding hydrogens is 248 g/mol. The van der Waals surface area contributed by atoms with E-state index >= 15 is 0 Å². The van der Waals surface area contributed by atoms with Crippen LogP contribution in [0.2, 0.25) is 0 Å². The van der Waals surface area contributed by atoms with Crippen molar-refractivity contribution in [1.29, 1.82) is 0 Å². The van der Waals surface area contributed by atoms with Crippen molar-refractivity contribution in [3.63, 3.8) is 0 Å². The average Bonchev–Trinajstić information content (AvgIpc) is 2.38. The van der Waals surface area contributed by atoms with E-state index in [1.54, 1.807) is 7.11 Å². The zero-order valence-corrected chi connectivity index (χ0v) is 13.9. The minimum Gasteiger partial charge on any atom is -0.383 e. The van der Waals surface area contributed by atoms with Gasteiger partial charge in [0.2, 0.25) is 0 Å². The third-order valence-electron chi connectivity index (χ3n) is 3.39. The molecule has 0 aliphatic heterocycles. The van der Waals surface area contributed by atoms with Gasteiger partial charge in [0.25, 0.3) is 0 Å².